The lowest BCUT2D eigenvalue weighted by atomic mass is 10.0. The van der Waals surface area contributed by atoms with Crippen molar-refractivity contribution in [1.82, 2.24) is 9.80 Å². The van der Waals surface area contributed by atoms with Crippen LogP contribution in [0.5, 0.6) is 5.75 Å². The molecule has 0 aromatic heterocycles. The number of likely N-dealkylation sites (N-methyl/N-ethyl adjacent to an activating group) is 1. The number of para-hydroxylation sites is 1. The van der Waals surface area contributed by atoms with E-state index in [4.69, 9.17) is 4.74 Å². The van der Waals surface area contributed by atoms with Gasteiger partial charge in [0.05, 0.1) is 19.2 Å². The second kappa shape index (κ2) is 6.86. The topological polar surface area (TPSA) is 32.8 Å². The minimum atomic E-state index is 0.141. The van der Waals surface area contributed by atoms with E-state index in [-0.39, 0.29) is 5.78 Å². The zero-order chi connectivity index (χ0) is 14.5. The molecule has 1 unspecified atom stereocenters. The van der Waals surface area contributed by atoms with Crippen molar-refractivity contribution in [2.45, 2.75) is 18.9 Å². The average molecular weight is 276 g/mol. The fraction of sp³-hybridized carbons (Fsp3) is 0.562. The van der Waals surface area contributed by atoms with Crippen molar-refractivity contribution in [3.8, 4) is 5.75 Å². The number of benzene rings is 1. The van der Waals surface area contributed by atoms with Crippen LogP contribution in [0.4, 0.5) is 0 Å². The summed E-state index contributed by atoms with van der Waals surface area (Å²) >= 11 is 0. The summed E-state index contributed by atoms with van der Waals surface area (Å²) in [7, 11) is 5.82. The molecule has 0 radical (unpaired) electrons. The van der Waals surface area contributed by atoms with E-state index in [0.717, 1.165) is 19.5 Å². The smallest absolute Gasteiger partial charge is 0.180 e. The van der Waals surface area contributed by atoms with E-state index in [9.17, 15) is 4.79 Å². The summed E-state index contributed by atoms with van der Waals surface area (Å²) in [6.07, 6.45) is 2.37. The fourth-order valence-corrected chi connectivity index (χ4v) is 2.76. The molecule has 0 saturated carbocycles. The SMILES string of the molecule is COc1ccccc1C(=O)CN1CCCC(N(C)C)C1. The Morgan fingerprint density at radius 1 is 1.40 bits per heavy atom. The van der Waals surface area contributed by atoms with Gasteiger partial charge in [0.15, 0.2) is 5.78 Å². The molecule has 1 aromatic rings. The van der Waals surface area contributed by atoms with Gasteiger partial charge in [0.2, 0.25) is 0 Å². The summed E-state index contributed by atoms with van der Waals surface area (Å²) in [5, 5.41) is 0. The molecule has 0 aliphatic carbocycles. The number of ether oxygens (including phenoxy) is 1. The van der Waals surface area contributed by atoms with Gasteiger partial charge in [-0.1, -0.05) is 12.1 Å². The number of nitrogens with zero attached hydrogens (tertiary/aromatic N) is 2. The fourth-order valence-electron chi connectivity index (χ4n) is 2.76. The van der Waals surface area contributed by atoms with E-state index >= 15 is 0 Å². The van der Waals surface area contributed by atoms with Gasteiger partial charge in [-0.05, 0) is 45.6 Å². The van der Waals surface area contributed by atoms with Gasteiger partial charge < -0.3 is 9.64 Å². The molecule has 0 N–H and O–H groups in total. The first kappa shape index (κ1) is 15.0. The van der Waals surface area contributed by atoms with E-state index in [0.29, 0.717) is 23.9 Å². The maximum absolute atomic E-state index is 12.4. The van der Waals surface area contributed by atoms with E-state index in [1.165, 1.54) is 6.42 Å². The van der Waals surface area contributed by atoms with Gasteiger partial charge in [-0.3, -0.25) is 9.69 Å². The van der Waals surface area contributed by atoms with Crippen molar-refractivity contribution in [2.24, 2.45) is 0 Å². The van der Waals surface area contributed by atoms with Crippen LogP contribution >= 0.6 is 0 Å². The van der Waals surface area contributed by atoms with Crippen molar-refractivity contribution in [3.63, 3.8) is 0 Å². The summed E-state index contributed by atoms with van der Waals surface area (Å²) in [4.78, 5) is 16.9. The number of likely N-dealkylation sites (tertiary alicyclic amines) is 1. The standard InChI is InChI=1S/C16H24N2O2/c1-17(2)13-7-6-10-18(11-13)12-15(19)14-8-4-5-9-16(14)20-3/h4-5,8-9,13H,6-7,10-12H2,1-3H3. The molecular formula is C16H24N2O2. The number of carbonyl (C=O) groups is 1. The number of ketones is 1. The highest BCUT2D eigenvalue weighted by molar-refractivity contribution is 6.00. The number of piperidine rings is 1. The van der Waals surface area contributed by atoms with Crippen molar-refractivity contribution in [2.75, 3.05) is 40.8 Å². The first-order valence-corrected chi connectivity index (χ1v) is 7.17. The van der Waals surface area contributed by atoms with Crippen LogP contribution in [0.1, 0.15) is 23.2 Å². The lowest BCUT2D eigenvalue weighted by molar-refractivity contribution is 0.0849. The molecule has 110 valence electrons. The Balaban J connectivity index is 2.00. The Morgan fingerprint density at radius 2 is 2.15 bits per heavy atom. The summed E-state index contributed by atoms with van der Waals surface area (Å²) < 4.78 is 5.27. The van der Waals surface area contributed by atoms with Gasteiger partial charge in [-0.15, -0.1) is 0 Å². The monoisotopic (exact) mass is 276 g/mol. The zero-order valence-corrected chi connectivity index (χ0v) is 12.6. The molecule has 4 nitrogen and oxygen atoms in total. The van der Waals surface area contributed by atoms with E-state index in [1.807, 2.05) is 24.3 Å². The summed E-state index contributed by atoms with van der Waals surface area (Å²) in [5.41, 5.74) is 0.682. The van der Waals surface area contributed by atoms with E-state index < -0.39 is 0 Å². The molecule has 1 aliphatic rings. The molecule has 0 spiro atoms. The predicted octanol–water partition coefficient (Wildman–Crippen LogP) is 1.90. The maximum Gasteiger partial charge on any atom is 0.180 e. The zero-order valence-electron chi connectivity index (χ0n) is 12.6. The Bertz CT molecular complexity index is 460. The Kier molecular flexibility index (Phi) is 5.15. The van der Waals surface area contributed by atoms with Crippen molar-refractivity contribution < 1.29 is 9.53 Å². The van der Waals surface area contributed by atoms with Gasteiger partial charge >= 0.3 is 0 Å². The van der Waals surface area contributed by atoms with Crippen LogP contribution in [0.2, 0.25) is 0 Å². The molecular weight excluding hydrogens is 252 g/mol. The van der Waals surface area contributed by atoms with Gasteiger partial charge in [0.25, 0.3) is 0 Å². The van der Waals surface area contributed by atoms with Gasteiger partial charge in [0.1, 0.15) is 5.75 Å². The molecule has 1 heterocycles. The van der Waals surface area contributed by atoms with Crippen molar-refractivity contribution >= 4 is 5.78 Å². The third kappa shape index (κ3) is 3.58. The summed E-state index contributed by atoms with van der Waals surface area (Å²) in [6.45, 7) is 2.45. The highest BCUT2D eigenvalue weighted by Gasteiger charge is 2.23. The van der Waals surface area contributed by atoms with Crippen LogP contribution < -0.4 is 4.74 Å². The Hall–Kier alpha value is -1.39. The first-order valence-electron chi connectivity index (χ1n) is 7.17. The van der Waals surface area contributed by atoms with Crippen LogP contribution in [-0.2, 0) is 0 Å². The maximum atomic E-state index is 12.4. The minimum absolute atomic E-state index is 0.141. The lowest BCUT2D eigenvalue weighted by Crippen LogP contribution is -2.46. The predicted molar refractivity (Wildman–Crippen MR) is 80.5 cm³/mol. The molecule has 4 heteroatoms. The molecule has 20 heavy (non-hydrogen) atoms. The van der Waals surface area contributed by atoms with Gasteiger partial charge in [-0.25, -0.2) is 0 Å². The molecule has 2 rings (SSSR count). The third-order valence-corrected chi connectivity index (χ3v) is 3.99. The van der Waals surface area contributed by atoms with Crippen molar-refractivity contribution in [3.05, 3.63) is 29.8 Å². The van der Waals surface area contributed by atoms with Crippen molar-refractivity contribution in [1.29, 1.82) is 0 Å². The van der Waals surface area contributed by atoms with Crippen LogP contribution in [0.25, 0.3) is 0 Å². The Labute approximate surface area is 121 Å². The normalized spacial score (nSPS) is 20.1. The number of Topliss-reactive ketones (excluding diaryl/α,β-unsaturated/α-hetero) is 1. The number of carbonyl (C=O) groups excluding carboxylic acids is 1. The van der Waals surface area contributed by atoms with Crippen LogP contribution in [0.15, 0.2) is 24.3 Å². The van der Waals surface area contributed by atoms with Crippen LogP contribution in [-0.4, -0.2) is 62.5 Å². The molecule has 0 amide bonds. The van der Waals surface area contributed by atoms with Gasteiger partial charge in [-0.2, -0.15) is 0 Å². The van der Waals surface area contributed by atoms with Crippen LogP contribution in [0.3, 0.4) is 0 Å². The molecule has 0 bridgehead atoms. The first-order chi connectivity index (χ1) is 9.61. The van der Waals surface area contributed by atoms with E-state index in [1.54, 1.807) is 7.11 Å². The number of rotatable bonds is 5. The highest BCUT2D eigenvalue weighted by atomic mass is 16.5. The molecule has 1 atom stereocenters. The number of hydrogen-bond donors (Lipinski definition) is 0. The second-order valence-electron chi connectivity index (χ2n) is 5.62. The van der Waals surface area contributed by atoms with Crippen LogP contribution in [0, 0.1) is 0 Å². The lowest BCUT2D eigenvalue weighted by Gasteiger charge is -2.35. The average Bonchev–Trinajstić information content (AvgIpc) is 2.47. The number of methoxy groups -OCH3 is 1. The largest absolute Gasteiger partial charge is 0.496 e. The summed E-state index contributed by atoms with van der Waals surface area (Å²) in [5.74, 6) is 0.806. The molecule has 1 fully saturated rings. The highest BCUT2D eigenvalue weighted by Crippen LogP contribution is 2.19. The molecule has 1 aliphatic heterocycles. The molecule has 1 saturated heterocycles. The Morgan fingerprint density at radius 3 is 2.85 bits per heavy atom. The minimum Gasteiger partial charge on any atom is -0.496 e. The van der Waals surface area contributed by atoms with E-state index in [2.05, 4.69) is 23.9 Å². The quantitative estimate of drug-likeness (QED) is 0.769. The summed E-state index contributed by atoms with van der Waals surface area (Å²) in [6, 6.07) is 8.00. The third-order valence-electron chi connectivity index (χ3n) is 3.99. The van der Waals surface area contributed by atoms with Gasteiger partial charge in [0, 0.05) is 12.6 Å². The number of hydrogen-bond acceptors (Lipinski definition) is 4. The second-order valence-corrected chi connectivity index (χ2v) is 5.62. The molecule has 1 aromatic carbocycles.